The van der Waals surface area contributed by atoms with Crippen LogP contribution in [-0.4, -0.2) is 80.1 Å². The maximum absolute atomic E-state index is 14.0. The van der Waals surface area contributed by atoms with Gasteiger partial charge in [0.25, 0.3) is 5.91 Å². The number of hydrogen-bond donors (Lipinski definition) is 1. The summed E-state index contributed by atoms with van der Waals surface area (Å²) in [5, 5.41) is 3.08. The summed E-state index contributed by atoms with van der Waals surface area (Å²) in [7, 11) is 1.83. The van der Waals surface area contributed by atoms with Crippen LogP contribution >= 0.6 is 0 Å². The topological polar surface area (TPSA) is 82.2 Å². The van der Waals surface area contributed by atoms with E-state index in [1.807, 2.05) is 67.4 Å². The molecule has 3 amide bonds. The molecule has 2 aliphatic heterocycles. The molecule has 2 saturated heterocycles. The van der Waals surface area contributed by atoms with Crippen LogP contribution in [0.2, 0.25) is 0 Å². The zero-order valence-electron chi connectivity index (χ0n) is 22.6. The van der Waals surface area contributed by atoms with Crippen molar-refractivity contribution in [2.75, 3.05) is 51.5 Å². The first-order valence-corrected chi connectivity index (χ1v) is 13.7. The van der Waals surface area contributed by atoms with Gasteiger partial charge in [0, 0.05) is 57.6 Å². The van der Waals surface area contributed by atoms with Crippen molar-refractivity contribution >= 4 is 23.4 Å². The largest absolute Gasteiger partial charge is 0.381 e. The lowest BCUT2D eigenvalue weighted by atomic mass is 9.90. The van der Waals surface area contributed by atoms with Crippen LogP contribution in [0.25, 0.3) is 0 Å². The van der Waals surface area contributed by atoms with E-state index in [2.05, 4.69) is 10.2 Å². The third-order valence-electron chi connectivity index (χ3n) is 7.49. The zero-order chi connectivity index (χ0) is 26.9. The molecule has 0 bridgehead atoms. The molecule has 0 radical (unpaired) electrons. The van der Waals surface area contributed by atoms with Gasteiger partial charge in [-0.05, 0) is 62.8 Å². The van der Waals surface area contributed by atoms with E-state index in [4.69, 9.17) is 4.74 Å². The molecule has 0 spiro atoms. The Balaban J connectivity index is 1.52. The van der Waals surface area contributed by atoms with Gasteiger partial charge >= 0.3 is 0 Å². The van der Waals surface area contributed by atoms with E-state index < -0.39 is 6.04 Å². The molecule has 0 aliphatic carbocycles. The number of aryl methyl sites for hydroxylation is 1. The van der Waals surface area contributed by atoms with E-state index >= 15 is 0 Å². The van der Waals surface area contributed by atoms with Gasteiger partial charge < -0.3 is 24.8 Å². The van der Waals surface area contributed by atoms with Gasteiger partial charge in [0.15, 0.2) is 0 Å². The number of anilines is 1. The molecule has 0 saturated carbocycles. The van der Waals surface area contributed by atoms with Gasteiger partial charge in [0.2, 0.25) is 11.8 Å². The molecule has 204 valence electrons. The van der Waals surface area contributed by atoms with E-state index in [-0.39, 0.29) is 23.6 Å². The van der Waals surface area contributed by atoms with Crippen LogP contribution in [0.15, 0.2) is 54.6 Å². The van der Waals surface area contributed by atoms with Crippen LogP contribution in [-0.2, 0) is 14.3 Å². The maximum Gasteiger partial charge on any atom is 0.251 e. The molecule has 2 fully saturated rings. The third kappa shape index (κ3) is 7.34. The van der Waals surface area contributed by atoms with Crippen molar-refractivity contribution in [2.45, 2.75) is 45.1 Å². The second-order valence-electron chi connectivity index (χ2n) is 10.4. The molecule has 2 aromatic carbocycles. The van der Waals surface area contributed by atoms with E-state index in [9.17, 15) is 14.4 Å². The highest BCUT2D eigenvalue weighted by Gasteiger charge is 2.34. The standard InChI is InChI=1S/C30H40N4O4/c1-23-9-6-10-25(21-23)29(36)31-28(24-14-19-38-20-15-24)30(37)33-16-7-13-27(35)32(2)22-34(18-8-17-33)26-11-4-3-5-12-26/h3-6,9-12,21,24,28H,7-8,13-20,22H2,1-2H3,(H,31,36). The van der Waals surface area contributed by atoms with Crippen molar-refractivity contribution in [1.82, 2.24) is 15.1 Å². The number of carbonyl (C=O) groups excluding carboxylic acids is 3. The average molecular weight is 521 g/mol. The minimum atomic E-state index is -0.624. The normalized spacial score (nSPS) is 19.0. The molecular weight excluding hydrogens is 480 g/mol. The SMILES string of the molecule is Cc1cccc(C(=O)NC(C(=O)N2CCCC(=O)N(C)CN(c3ccccc3)CCC2)C2CCOCC2)c1. The summed E-state index contributed by atoms with van der Waals surface area (Å²) in [5.41, 5.74) is 2.60. The first-order chi connectivity index (χ1) is 18.4. The molecule has 1 atom stereocenters. The minimum Gasteiger partial charge on any atom is -0.381 e. The Morgan fingerprint density at radius 1 is 0.974 bits per heavy atom. The van der Waals surface area contributed by atoms with Crippen molar-refractivity contribution in [3.63, 3.8) is 0 Å². The van der Waals surface area contributed by atoms with Crippen molar-refractivity contribution in [1.29, 1.82) is 0 Å². The summed E-state index contributed by atoms with van der Waals surface area (Å²) in [5.74, 6) is -0.224. The van der Waals surface area contributed by atoms with Crippen molar-refractivity contribution in [3.05, 3.63) is 65.7 Å². The number of nitrogens with zero attached hydrogens (tertiary/aromatic N) is 3. The first kappa shape index (κ1) is 27.6. The predicted octanol–water partition coefficient (Wildman–Crippen LogP) is 3.46. The number of ether oxygens (including phenoxy) is 1. The van der Waals surface area contributed by atoms with Gasteiger partial charge in [0.05, 0.1) is 6.67 Å². The zero-order valence-corrected chi connectivity index (χ0v) is 22.6. The molecular formula is C30H40N4O4. The highest BCUT2D eigenvalue weighted by molar-refractivity contribution is 5.97. The summed E-state index contributed by atoms with van der Waals surface area (Å²) < 4.78 is 5.55. The van der Waals surface area contributed by atoms with Crippen LogP contribution < -0.4 is 10.2 Å². The Morgan fingerprint density at radius 2 is 1.71 bits per heavy atom. The third-order valence-corrected chi connectivity index (χ3v) is 7.49. The number of benzene rings is 2. The fraction of sp³-hybridized carbons (Fsp3) is 0.500. The van der Waals surface area contributed by atoms with E-state index in [0.29, 0.717) is 57.9 Å². The molecule has 8 heteroatoms. The fourth-order valence-electron chi connectivity index (χ4n) is 5.29. The van der Waals surface area contributed by atoms with Crippen LogP contribution in [0.1, 0.15) is 48.0 Å². The summed E-state index contributed by atoms with van der Waals surface area (Å²) >= 11 is 0. The molecule has 2 aliphatic rings. The van der Waals surface area contributed by atoms with Crippen LogP contribution in [0, 0.1) is 12.8 Å². The number of nitrogens with one attached hydrogen (secondary N) is 1. The van der Waals surface area contributed by atoms with Gasteiger partial charge in [-0.2, -0.15) is 0 Å². The molecule has 2 aromatic rings. The van der Waals surface area contributed by atoms with Gasteiger partial charge in [-0.1, -0.05) is 35.9 Å². The second-order valence-corrected chi connectivity index (χ2v) is 10.4. The summed E-state index contributed by atoms with van der Waals surface area (Å²) in [6.07, 6.45) is 3.18. The predicted molar refractivity (Wildman–Crippen MR) is 148 cm³/mol. The maximum atomic E-state index is 14.0. The summed E-state index contributed by atoms with van der Waals surface area (Å²) in [6.45, 7) is 5.40. The first-order valence-electron chi connectivity index (χ1n) is 13.7. The Labute approximate surface area is 225 Å². The molecule has 4 rings (SSSR count). The number of para-hydroxylation sites is 1. The fourth-order valence-corrected chi connectivity index (χ4v) is 5.29. The number of rotatable bonds is 5. The lowest BCUT2D eigenvalue weighted by Gasteiger charge is -2.34. The smallest absolute Gasteiger partial charge is 0.251 e. The molecule has 2 heterocycles. The van der Waals surface area contributed by atoms with Gasteiger partial charge in [-0.15, -0.1) is 0 Å². The molecule has 8 nitrogen and oxygen atoms in total. The lowest BCUT2D eigenvalue weighted by Crippen LogP contribution is -2.54. The molecule has 1 unspecified atom stereocenters. The Morgan fingerprint density at radius 3 is 2.45 bits per heavy atom. The highest BCUT2D eigenvalue weighted by atomic mass is 16.5. The van der Waals surface area contributed by atoms with E-state index in [0.717, 1.165) is 30.5 Å². The van der Waals surface area contributed by atoms with Gasteiger partial charge in [-0.3, -0.25) is 14.4 Å². The number of amides is 3. The lowest BCUT2D eigenvalue weighted by molar-refractivity contribution is -0.136. The summed E-state index contributed by atoms with van der Waals surface area (Å²) in [4.78, 5) is 45.9. The quantitative estimate of drug-likeness (QED) is 0.653. The monoisotopic (exact) mass is 520 g/mol. The van der Waals surface area contributed by atoms with Crippen molar-refractivity contribution in [2.24, 2.45) is 5.92 Å². The molecule has 0 aromatic heterocycles. The van der Waals surface area contributed by atoms with Crippen molar-refractivity contribution in [3.8, 4) is 0 Å². The summed E-state index contributed by atoms with van der Waals surface area (Å²) in [6, 6.07) is 16.9. The number of hydrogen-bond acceptors (Lipinski definition) is 5. The van der Waals surface area contributed by atoms with Gasteiger partial charge in [0.1, 0.15) is 6.04 Å². The Bertz CT molecular complexity index is 1090. The van der Waals surface area contributed by atoms with Crippen LogP contribution in [0.4, 0.5) is 5.69 Å². The van der Waals surface area contributed by atoms with Gasteiger partial charge in [-0.25, -0.2) is 0 Å². The Kier molecular flexibility index (Phi) is 9.76. The highest BCUT2D eigenvalue weighted by Crippen LogP contribution is 2.22. The molecule has 38 heavy (non-hydrogen) atoms. The Hall–Kier alpha value is -3.39. The average Bonchev–Trinajstić information content (AvgIpc) is 2.97. The van der Waals surface area contributed by atoms with E-state index in [1.54, 1.807) is 11.0 Å². The minimum absolute atomic E-state index is 0.0109. The second kappa shape index (κ2) is 13.4. The van der Waals surface area contributed by atoms with Crippen LogP contribution in [0.5, 0.6) is 0 Å². The van der Waals surface area contributed by atoms with Crippen LogP contribution in [0.3, 0.4) is 0 Å². The number of carbonyl (C=O) groups is 3. The van der Waals surface area contributed by atoms with Crippen molar-refractivity contribution < 1.29 is 19.1 Å². The van der Waals surface area contributed by atoms with E-state index in [1.165, 1.54) is 0 Å². The molecule has 1 N–H and O–H groups in total.